The molecule has 0 aliphatic carbocycles. The Morgan fingerprint density at radius 1 is 1.46 bits per heavy atom. The summed E-state index contributed by atoms with van der Waals surface area (Å²) < 4.78 is 0. The van der Waals surface area contributed by atoms with E-state index in [1.807, 2.05) is 6.92 Å². The van der Waals surface area contributed by atoms with Crippen molar-refractivity contribution in [3.05, 3.63) is 35.4 Å². The molecule has 2 N–H and O–H groups in total. The summed E-state index contributed by atoms with van der Waals surface area (Å²) >= 11 is 0. The third-order valence-corrected chi connectivity index (χ3v) is 1.59. The minimum absolute atomic E-state index is 0.0949. The first-order chi connectivity index (χ1) is 6.09. The van der Waals surface area contributed by atoms with Crippen molar-refractivity contribution in [2.45, 2.75) is 6.92 Å². The monoisotopic (exact) mass is 178 g/mol. The molecule has 0 saturated heterocycles. The third-order valence-electron chi connectivity index (χ3n) is 1.59. The second kappa shape index (κ2) is 3.76. The highest BCUT2D eigenvalue weighted by molar-refractivity contribution is 5.85. The SMILES string of the molecule is Cc1ccc(C=CC(=O)O)c(O)c1. The highest BCUT2D eigenvalue weighted by atomic mass is 16.4. The number of hydrogen-bond donors (Lipinski definition) is 2. The summed E-state index contributed by atoms with van der Waals surface area (Å²) in [6.07, 6.45) is 2.35. The van der Waals surface area contributed by atoms with E-state index < -0.39 is 5.97 Å². The molecular weight excluding hydrogens is 168 g/mol. The molecule has 0 fully saturated rings. The average molecular weight is 178 g/mol. The number of aliphatic carboxylic acids is 1. The second-order valence-electron chi connectivity index (χ2n) is 2.73. The Labute approximate surface area is 76.0 Å². The maximum Gasteiger partial charge on any atom is 0.328 e. The molecule has 1 rings (SSSR count). The van der Waals surface area contributed by atoms with Gasteiger partial charge in [-0.3, -0.25) is 0 Å². The van der Waals surface area contributed by atoms with E-state index in [2.05, 4.69) is 0 Å². The topological polar surface area (TPSA) is 57.5 Å². The molecule has 0 saturated carbocycles. The average Bonchev–Trinajstić information content (AvgIpc) is 2.02. The molecule has 68 valence electrons. The fourth-order valence-electron chi connectivity index (χ4n) is 0.956. The van der Waals surface area contributed by atoms with Crippen LogP contribution < -0.4 is 0 Å². The molecule has 0 bridgehead atoms. The van der Waals surface area contributed by atoms with Crippen molar-refractivity contribution in [1.82, 2.24) is 0 Å². The number of carboxylic acids is 1. The van der Waals surface area contributed by atoms with E-state index in [9.17, 15) is 9.90 Å². The van der Waals surface area contributed by atoms with Crippen LogP contribution in [0, 0.1) is 6.92 Å². The number of hydrogen-bond acceptors (Lipinski definition) is 2. The van der Waals surface area contributed by atoms with Crippen molar-refractivity contribution in [3.8, 4) is 5.75 Å². The van der Waals surface area contributed by atoms with Gasteiger partial charge >= 0.3 is 5.97 Å². The van der Waals surface area contributed by atoms with Crippen molar-refractivity contribution in [2.75, 3.05) is 0 Å². The fourth-order valence-corrected chi connectivity index (χ4v) is 0.956. The lowest BCUT2D eigenvalue weighted by atomic mass is 10.1. The van der Waals surface area contributed by atoms with Crippen molar-refractivity contribution in [2.24, 2.45) is 0 Å². The Kier molecular flexibility index (Phi) is 2.69. The van der Waals surface area contributed by atoms with Crippen LogP contribution in [0.2, 0.25) is 0 Å². The van der Waals surface area contributed by atoms with Gasteiger partial charge in [-0.1, -0.05) is 12.1 Å². The first-order valence-corrected chi connectivity index (χ1v) is 3.80. The van der Waals surface area contributed by atoms with Crippen molar-refractivity contribution in [3.63, 3.8) is 0 Å². The van der Waals surface area contributed by atoms with Gasteiger partial charge in [0, 0.05) is 11.6 Å². The lowest BCUT2D eigenvalue weighted by molar-refractivity contribution is -0.131. The van der Waals surface area contributed by atoms with Crippen LogP contribution in [-0.2, 0) is 4.79 Å². The molecule has 0 aliphatic heterocycles. The van der Waals surface area contributed by atoms with Gasteiger partial charge in [0.2, 0.25) is 0 Å². The Morgan fingerprint density at radius 2 is 2.15 bits per heavy atom. The number of carbonyl (C=O) groups is 1. The molecule has 0 spiro atoms. The number of phenolic OH excluding ortho intramolecular Hbond substituents is 1. The number of carboxylic acid groups (broad SMARTS) is 1. The van der Waals surface area contributed by atoms with Gasteiger partial charge in [-0.05, 0) is 24.6 Å². The van der Waals surface area contributed by atoms with Gasteiger partial charge in [0.25, 0.3) is 0 Å². The first-order valence-electron chi connectivity index (χ1n) is 3.80. The smallest absolute Gasteiger partial charge is 0.328 e. The predicted octanol–water partition coefficient (Wildman–Crippen LogP) is 1.80. The molecule has 0 aromatic heterocycles. The lowest BCUT2D eigenvalue weighted by Gasteiger charge is -1.99. The molecular formula is C10H10O3. The van der Waals surface area contributed by atoms with Gasteiger partial charge in [0.15, 0.2) is 0 Å². The minimum atomic E-state index is -1.03. The maximum atomic E-state index is 10.2. The van der Waals surface area contributed by atoms with Gasteiger partial charge in [-0.25, -0.2) is 4.79 Å². The summed E-state index contributed by atoms with van der Waals surface area (Å²) in [5.41, 5.74) is 1.44. The zero-order valence-corrected chi connectivity index (χ0v) is 7.19. The summed E-state index contributed by atoms with van der Waals surface area (Å²) in [5.74, 6) is -0.933. The molecule has 13 heavy (non-hydrogen) atoms. The van der Waals surface area contributed by atoms with E-state index in [0.717, 1.165) is 11.6 Å². The standard InChI is InChI=1S/C10H10O3/c1-7-2-3-8(9(11)6-7)4-5-10(12)13/h2-6,11H,1H3,(H,12,13). The number of aryl methyl sites for hydroxylation is 1. The molecule has 0 radical (unpaired) electrons. The summed E-state index contributed by atoms with van der Waals surface area (Å²) in [7, 11) is 0. The molecule has 1 aromatic carbocycles. The number of benzene rings is 1. The van der Waals surface area contributed by atoms with Gasteiger partial charge < -0.3 is 10.2 Å². The Bertz CT molecular complexity index is 353. The van der Waals surface area contributed by atoms with Gasteiger partial charge in [-0.15, -0.1) is 0 Å². The maximum absolute atomic E-state index is 10.2. The quantitative estimate of drug-likeness (QED) is 0.679. The van der Waals surface area contributed by atoms with Crippen LogP contribution >= 0.6 is 0 Å². The van der Waals surface area contributed by atoms with E-state index in [1.54, 1.807) is 18.2 Å². The van der Waals surface area contributed by atoms with Crippen LogP contribution in [0.15, 0.2) is 24.3 Å². The molecule has 0 atom stereocenters. The van der Waals surface area contributed by atoms with E-state index in [0.29, 0.717) is 5.56 Å². The van der Waals surface area contributed by atoms with E-state index in [4.69, 9.17) is 5.11 Å². The van der Waals surface area contributed by atoms with Crippen LogP contribution in [0.5, 0.6) is 5.75 Å². The zero-order valence-electron chi connectivity index (χ0n) is 7.19. The van der Waals surface area contributed by atoms with Gasteiger partial charge in [0.1, 0.15) is 5.75 Å². The van der Waals surface area contributed by atoms with Crippen LogP contribution in [0.4, 0.5) is 0 Å². The van der Waals surface area contributed by atoms with Crippen molar-refractivity contribution in [1.29, 1.82) is 0 Å². The summed E-state index contributed by atoms with van der Waals surface area (Å²) in [4.78, 5) is 10.2. The molecule has 3 nitrogen and oxygen atoms in total. The Morgan fingerprint density at radius 3 is 2.69 bits per heavy atom. The largest absolute Gasteiger partial charge is 0.507 e. The number of aromatic hydroxyl groups is 1. The molecule has 3 heteroatoms. The van der Waals surface area contributed by atoms with Gasteiger partial charge in [-0.2, -0.15) is 0 Å². The van der Waals surface area contributed by atoms with Crippen molar-refractivity contribution >= 4 is 12.0 Å². The Hall–Kier alpha value is -1.77. The molecule has 0 unspecified atom stereocenters. The molecule has 0 aliphatic rings. The second-order valence-corrected chi connectivity index (χ2v) is 2.73. The first kappa shape index (κ1) is 9.32. The summed E-state index contributed by atoms with van der Waals surface area (Å²) in [5, 5.41) is 17.7. The van der Waals surface area contributed by atoms with Crippen molar-refractivity contribution < 1.29 is 15.0 Å². The Balaban J connectivity index is 2.96. The van der Waals surface area contributed by atoms with E-state index in [1.165, 1.54) is 6.08 Å². The highest BCUT2D eigenvalue weighted by Crippen LogP contribution is 2.19. The minimum Gasteiger partial charge on any atom is -0.507 e. The van der Waals surface area contributed by atoms with Crippen LogP contribution in [-0.4, -0.2) is 16.2 Å². The van der Waals surface area contributed by atoms with Gasteiger partial charge in [0.05, 0.1) is 0 Å². The number of phenols is 1. The zero-order chi connectivity index (χ0) is 9.84. The fraction of sp³-hybridized carbons (Fsp3) is 0.100. The van der Waals surface area contributed by atoms with E-state index >= 15 is 0 Å². The third kappa shape index (κ3) is 2.63. The summed E-state index contributed by atoms with van der Waals surface area (Å²) in [6, 6.07) is 5.06. The lowest BCUT2D eigenvalue weighted by Crippen LogP contribution is -1.86. The normalized spacial score (nSPS) is 10.5. The molecule has 0 amide bonds. The molecule has 0 heterocycles. The molecule has 1 aromatic rings. The predicted molar refractivity (Wildman–Crippen MR) is 49.5 cm³/mol. The van der Waals surface area contributed by atoms with Crippen LogP contribution in [0.1, 0.15) is 11.1 Å². The van der Waals surface area contributed by atoms with E-state index in [-0.39, 0.29) is 5.75 Å². The highest BCUT2D eigenvalue weighted by Gasteiger charge is 1.97. The summed E-state index contributed by atoms with van der Waals surface area (Å²) in [6.45, 7) is 1.85. The number of rotatable bonds is 2. The van der Waals surface area contributed by atoms with Crippen LogP contribution in [0.3, 0.4) is 0 Å². The van der Waals surface area contributed by atoms with Crippen LogP contribution in [0.25, 0.3) is 6.08 Å².